The third-order valence-electron chi connectivity index (χ3n) is 3.58. The molecule has 0 bridgehead atoms. The lowest BCUT2D eigenvalue weighted by molar-refractivity contribution is 0.0319. The summed E-state index contributed by atoms with van der Waals surface area (Å²) in [5.41, 5.74) is 1.51. The van der Waals surface area contributed by atoms with Crippen molar-refractivity contribution in [1.82, 2.24) is 0 Å². The number of carbonyl (C=O) groups excluding carboxylic acids is 1. The van der Waals surface area contributed by atoms with Crippen molar-refractivity contribution in [3.8, 4) is 24.7 Å². The molecule has 1 rings (SSSR count). The third kappa shape index (κ3) is 5.66. The summed E-state index contributed by atoms with van der Waals surface area (Å²) < 4.78 is 5.48. The number of unbranched alkanes of at least 4 members (excludes halogenated alkanes) is 4. The van der Waals surface area contributed by atoms with E-state index in [4.69, 9.17) is 17.6 Å². The molecule has 0 saturated heterocycles. The summed E-state index contributed by atoms with van der Waals surface area (Å²) in [6, 6.07) is 5.02. The summed E-state index contributed by atoms with van der Waals surface area (Å²) in [7, 11) is 0. The summed E-state index contributed by atoms with van der Waals surface area (Å²) >= 11 is 0. The normalized spacial score (nSPS) is 11.3. The van der Waals surface area contributed by atoms with E-state index in [-0.39, 0.29) is 6.10 Å². The lowest BCUT2D eigenvalue weighted by atomic mass is 10.0. The van der Waals surface area contributed by atoms with Gasteiger partial charge in [-0.05, 0) is 38.0 Å². The van der Waals surface area contributed by atoms with Gasteiger partial charge in [0.1, 0.15) is 0 Å². The van der Waals surface area contributed by atoms with Gasteiger partial charge in [-0.3, -0.25) is 0 Å². The van der Waals surface area contributed by atoms with Gasteiger partial charge in [-0.15, -0.1) is 12.8 Å². The Kier molecular flexibility index (Phi) is 7.87. The molecule has 0 saturated carbocycles. The lowest BCUT2D eigenvalue weighted by Crippen LogP contribution is -2.16. The maximum atomic E-state index is 12.3. The molecular formula is C20H24O2. The van der Waals surface area contributed by atoms with Gasteiger partial charge in [0.2, 0.25) is 0 Å². The Labute approximate surface area is 134 Å². The molecule has 2 heteroatoms. The van der Waals surface area contributed by atoms with Crippen LogP contribution in [0.4, 0.5) is 0 Å². The third-order valence-corrected chi connectivity index (χ3v) is 3.58. The fourth-order valence-electron chi connectivity index (χ4n) is 2.27. The van der Waals surface area contributed by atoms with E-state index < -0.39 is 5.97 Å². The quantitative estimate of drug-likeness (QED) is 0.399. The van der Waals surface area contributed by atoms with Crippen molar-refractivity contribution in [2.75, 3.05) is 0 Å². The van der Waals surface area contributed by atoms with Crippen molar-refractivity contribution in [1.29, 1.82) is 0 Å². The monoisotopic (exact) mass is 296 g/mol. The maximum absolute atomic E-state index is 12.3. The van der Waals surface area contributed by atoms with Crippen molar-refractivity contribution >= 4 is 5.97 Å². The molecule has 0 heterocycles. The highest BCUT2D eigenvalue weighted by molar-refractivity contribution is 5.93. The van der Waals surface area contributed by atoms with Crippen molar-refractivity contribution in [2.24, 2.45) is 0 Å². The van der Waals surface area contributed by atoms with Gasteiger partial charge in [0.15, 0.2) is 0 Å². The first-order chi connectivity index (χ1) is 10.6. The predicted molar refractivity (Wildman–Crippen MR) is 90.6 cm³/mol. The lowest BCUT2D eigenvalue weighted by Gasteiger charge is -2.14. The fraction of sp³-hybridized carbons (Fsp3) is 0.450. The molecule has 116 valence electrons. The number of benzene rings is 1. The summed E-state index contributed by atoms with van der Waals surface area (Å²) in [6.45, 7) is 4.11. The van der Waals surface area contributed by atoms with Crippen molar-refractivity contribution in [2.45, 2.75) is 58.5 Å². The topological polar surface area (TPSA) is 26.3 Å². The number of ether oxygens (including phenoxy) is 1. The standard InChI is InChI=1S/C20H24O2/c1-5-8-9-10-11-12-16(4)22-20(21)19-15-17(6-2)13-14-18(19)7-3/h2-3,13-16H,5,8-12H2,1,4H3/t16-/m0/s1. The number of rotatable bonds is 8. The SMILES string of the molecule is C#Cc1ccc(C#C)c(C(=O)O[C@@H](C)CCCCCCC)c1. The Morgan fingerprint density at radius 1 is 1.18 bits per heavy atom. The van der Waals surface area contributed by atoms with Crippen molar-refractivity contribution in [3.63, 3.8) is 0 Å². The second-order valence-corrected chi connectivity index (χ2v) is 5.47. The largest absolute Gasteiger partial charge is 0.459 e. The molecule has 1 aromatic carbocycles. The zero-order chi connectivity index (χ0) is 16.4. The van der Waals surface area contributed by atoms with E-state index in [2.05, 4.69) is 18.8 Å². The van der Waals surface area contributed by atoms with E-state index in [9.17, 15) is 4.79 Å². The Morgan fingerprint density at radius 3 is 2.55 bits per heavy atom. The van der Waals surface area contributed by atoms with E-state index in [0.717, 1.165) is 12.8 Å². The Morgan fingerprint density at radius 2 is 1.91 bits per heavy atom. The van der Waals surface area contributed by atoms with Crippen LogP contribution < -0.4 is 0 Å². The van der Waals surface area contributed by atoms with Gasteiger partial charge >= 0.3 is 5.97 Å². The molecule has 0 N–H and O–H groups in total. The highest BCUT2D eigenvalue weighted by atomic mass is 16.5. The molecule has 0 aliphatic carbocycles. The molecular weight excluding hydrogens is 272 g/mol. The van der Waals surface area contributed by atoms with Gasteiger partial charge in [0.25, 0.3) is 0 Å². The average molecular weight is 296 g/mol. The zero-order valence-electron chi connectivity index (χ0n) is 13.5. The first-order valence-electron chi connectivity index (χ1n) is 7.90. The average Bonchev–Trinajstić information content (AvgIpc) is 2.53. The molecule has 0 spiro atoms. The van der Waals surface area contributed by atoms with E-state index >= 15 is 0 Å². The van der Waals surface area contributed by atoms with Gasteiger partial charge in [-0.25, -0.2) is 4.79 Å². The first kappa shape index (κ1) is 17.9. The Bertz CT molecular complexity index is 572. The molecule has 2 nitrogen and oxygen atoms in total. The van der Waals surface area contributed by atoms with Crippen molar-refractivity contribution < 1.29 is 9.53 Å². The molecule has 0 amide bonds. The number of esters is 1. The number of hydrogen-bond acceptors (Lipinski definition) is 2. The summed E-state index contributed by atoms with van der Waals surface area (Å²) in [6.07, 6.45) is 17.5. The van der Waals surface area contributed by atoms with Crippen LogP contribution in [-0.2, 0) is 4.74 Å². The maximum Gasteiger partial charge on any atom is 0.339 e. The van der Waals surface area contributed by atoms with Gasteiger partial charge in [-0.1, -0.05) is 44.4 Å². The fourth-order valence-corrected chi connectivity index (χ4v) is 2.27. The van der Waals surface area contributed by atoms with Gasteiger partial charge in [0.05, 0.1) is 11.7 Å². The van der Waals surface area contributed by atoms with Crippen LogP contribution in [0.25, 0.3) is 0 Å². The second-order valence-electron chi connectivity index (χ2n) is 5.47. The number of terminal acetylenes is 2. The zero-order valence-corrected chi connectivity index (χ0v) is 13.5. The van der Waals surface area contributed by atoms with Crippen LogP contribution in [0.2, 0.25) is 0 Å². The molecule has 0 radical (unpaired) electrons. The Balaban J connectivity index is 2.58. The minimum Gasteiger partial charge on any atom is -0.459 e. The van der Waals surface area contributed by atoms with Gasteiger partial charge in [0, 0.05) is 11.1 Å². The van der Waals surface area contributed by atoms with E-state index in [1.807, 2.05) is 6.92 Å². The van der Waals surface area contributed by atoms with Crippen LogP contribution in [0, 0.1) is 24.7 Å². The molecule has 0 aromatic heterocycles. The van der Waals surface area contributed by atoms with Gasteiger partial charge < -0.3 is 4.74 Å². The molecule has 0 aliphatic heterocycles. The highest BCUT2D eigenvalue weighted by Crippen LogP contribution is 2.15. The molecule has 0 unspecified atom stereocenters. The van der Waals surface area contributed by atoms with Crippen LogP contribution >= 0.6 is 0 Å². The van der Waals surface area contributed by atoms with Crippen LogP contribution in [-0.4, -0.2) is 12.1 Å². The number of hydrogen-bond donors (Lipinski definition) is 0. The van der Waals surface area contributed by atoms with Crippen LogP contribution in [0.3, 0.4) is 0 Å². The summed E-state index contributed by atoms with van der Waals surface area (Å²) in [5, 5.41) is 0. The molecule has 22 heavy (non-hydrogen) atoms. The smallest absolute Gasteiger partial charge is 0.339 e. The molecule has 0 fully saturated rings. The summed E-state index contributed by atoms with van der Waals surface area (Å²) in [4.78, 5) is 12.3. The minimum atomic E-state index is -0.397. The molecule has 1 atom stereocenters. The Hall–Kier alpha value is -2.19. The molecule has 0 aliphatic rings. The number of carbonyl (C=O) groups is 1. The van der Waals surface area contributed by atoms with Crippen molar-refractivity contribution in [3.05, 3.63) is 34.9 Å². The highest BCUT2D eigenvalue weighted by Gasteiger charge is 2.15. The van der Waals surface area contributed by atoms with E-state index in [1.54, 1.807) is 18.2 Å². The van der Waals surface area contributed by atoms with Crippen LogP contribution in [0.1, 0.15) is 73.9 Å². The minimum absolute atomic E-state index is 0.116. The van der Waals surface area contributed by atoms with E-state index in [1.165, 1.54) is 25.7 Å². The van der Waals surface area contributed by atoms with E-state index in [0.29, 0.717) is 16.7 Å². The van der Waals surface area contributed by atoms with Gasteiger partial charge in [-0.2, -0.15) is 0 Å². The van der Waals surface area contributed by atoms with Crippen LogP contribution in [0.15, 0.2) is 18.2 Å². The molecule has 1 aromatic rings. The first-order valence-corrected chi connectivity index (χ1v) is 7.90. The second kappa shape index (κ2) is 9.69. The predicted octanol–water partition coefficient (Wildman–Crippen LogP) is 4.56. The summed E-state index contributed by atoms with van der Waals surface area (Å²) in [5.74, 6) is 4.61. The van der Waals surface area contributed by atoms with Crippen LogP contribution in [0.5, 0.6) is 0 Å².